The van der Waals surface area contributed by atoms with Gasteiger partial charge in [-0.15, -0.1) is 0 Å². The molecular weight excluding hydrogens is 484 g/mol. The van der Waals surface area contributed by atoms with Crippen LogP contribution >= 0.6 is 22.9 Å². The third-order valence-electron chi connectivity index (χ3n) is 5.82. The van der Waals surface area contributed by atoms with Crippen LogP contribution < -0.4 is 10.5 Å². The van der Waals surface area contributed by atoms with Gasteiger partial charge in [0.05, 0.1) is 16.3 Å². The Balaban J connectivity index is 1.48. The van der Waals surface area contributed by atoms with Crippen molar-refractivity contribution in [2.45, 2.75) is 6.54 Å². The molecule has 3 aromatic carbocycles. The minimum atomic E-state index is -0.694. The third-order valence-corrected chi connectivity index (χ3v) is 7.17. The maximum Gasteiger partial charge on any atom is 0.349 e. The maximum absolute atomic E-state index is 13.8. The highest BCUT2D eigenvalue weighted by Crippen LogP contribution is 2.33. The lowest BCUT2D eigenvalue weighted by Gasteiger charge is -2.19. The highest BCUT2D eigenvalue weighted by atomic mass is 35.5. The number of fused-ring (bicyclic) bond motifs is 4. The number of amides is 1. The van der Waals surface area contributed by atoms with E-state index in [0.717, 1.165) is 15.5 Å². The summed E-state index contributed by atoms with van der Waals surface area (Å²) < 4.78 is 8.15. The van der Waals surface area contributed by atoms with Gasteiger partial charge in [0.1, 0.15) is 16.7 Å². The Morgan fingerprint density at radius 2 is 1.94 bits per heavy atom. The average Bonchev–Trinajstić information content (AvgIpc) is 3.54. The number of halogens is 1. The van der Waals surface area contributed by atoms with Gasteiger partial charge in [-0.3, -0.25) is 14.4 Å². The lowest BCUT2D eigenvalue weighted by Crippen LogP contribution is -2.36. The second-order valence-electron chi connectivity index (χ2n) is 7.95. The number of anilines is 1. The van der Waals surface area contributed by atoms with Gasteiger partial charge in [0.2, 0.25) is 0 Å². The van der Waals surface area contributed by atoms with Gasteiger partial charge >= 0.3 is 5.63 Å². The Hall–Kier alpha value is -4.01. The molecular formula is C26H17ClN4O3S. The van der Waals surface area contributed by atoms with Crippen LogP contribution in [-0.4, -0.2) is 27.2 Å². The molecule has 0 radical (unpaired) electrons. The van der Waals surface area contributed by atoms with Crippen molar-refractivity contribution < 1.29 is 9.21 Å². The molecule has 0 N–H and O–H groups in total. The van der Waals surface area contributed by atoms with Crippen LogP contribution in [0.2, 0.25) is 5.02 Å². The van der Waals surface area contributed by atoms with Crippen molar-refractivity contribution in [2.24, 2.45) is 0 Å². The average molecular weight is 501 g/mol. The van der Waals surface area contributed by atoms with E-state index in [2.05, 4.69) is 10.1 Å². The predicted octanol–water partition coefficient (Wildman–Crippen LogP) is 5.75. The smallest absolute Gasteiger partial charge is 0.349 e. The normalized spacial score (nSPS) is 11.5. The standard InChI is InChI=1S/C26H17ClN4O3S/c27-20-7-3-8-22-23(20)29-26(35-22)31(14-13-30-12-4-11-28-30)24(32)19-15-18-17-6-2-1-5-16(17)9-10-21(18)34-25(19)33/h1-12,15H,13-14H2. The monoisotopic (exact) mass is 500 g/mol. The molecule has 0 saturated carbocycles. The molecule has 3 aromatic heterocycles. The van der Waals surface area contributed by atoms with E-state index in [1.165, 1.54) is 16.2 Å². The first-order valence-electron chi connectivity index (χ1n) is 10.9. The van der Waals surface area contributed by atoms with E-state index in [0.29, 0.717) is 33.2 Å². The first-order chi connectivity index (χ1) is 17.1. The Kier molecular flexibility index (Phi) is 5.32. The van der Waals surface area contributed by atoms with Crippen LogP contribution in [0.1, 0.15) is 10.4 Å². The van der Waals surface area contributed by atoms with E-state index in [9.17, 15) is 9.59 Å². The van der Waals surface area contributed by atoms with Crippen molar-refractivity contribution in [1.29, 1.82) is 0 Å². The molecule has 6 rings (SSSR count). The van der Waals surface area contributed by atoms with Gasteiger partial charge in [0, 0.05) is 24.3 Å². The number of para-hydroxylation sites is 1. The topological polar surface area (TPSA) is 81.2 Å². The zero-order chi connectivity index (χ0) is 23.9. The number of hydrogen-bond donors (Lipinski definition) is 0. The molecule has 0 unspecified atom stereocenters. The second-order valence-corrected chi connectivity index (χ2v) is 9.37. The molecule has 0 saturated heterocycles. The van der Waals surface area contributed by atoms with Gasteiger partial charge in [-0.05, 0) is 41.1 Å². The fourth-order valence-electron chi connectivity index (χ4n) is 4.10. The first-order valence-corrected chi connectivity index (χ1v) is 12.1. The molecule has 9 heteroatoms. The molecule has 1 amide bonds. The Morgan fingerprint density at radius 1 is 1.06 bits per heavy atom. The third kappa shape index (κ3) is 3.86. The van der Waals surface area contributed by atoms with Crippen LogP contribution in [0.4, 0.5) is 5.13 Å². The largest absolute Gasteiger partial charge is 0.422 e. The highest BCUT2D eigenvalue weighted by molar-refractivity contribution is 7.22. The van der Waals surface area contributed by atoms with Crippen molar-refractivity contribution in [3.05, 3.63) is 100 Å². The van der Waals surface area contributed by atoms with Crippen molar-refractivity contribution >= 4 is 65.9 Å². The van der Waals surface area contributed by atoms with E-state index < -0.39 is 11.5 Å². The second kappa shape index (κ2) is 8.65. The van der Waals surface area contributed by atoms with Gasteiger partial charge in [-0.25, -0.2) is 9.78 Å². The number of hydrogen-bond acceptors (Lipinski definition) is 6. The molecule has 0 atom stereocenters. The lowest BCUT2D eigenvalue weighted by atomic mass is 10.0. The summed E-state index contributed by atoms with van der Waals surface area (Å²) in [6.07, 6.45) is 3.49. The van der Waals surface area contributed by atoms with E-state index in [1.54, 1.807) is 29.1 Å². The predicted molar refractivity (Wildman–Crippen MR) is 139 cm³/mol. The molecule has 7 nitrogen and oxygen atoms in total. The number of rotatable bonds is 5. The fourth-order valence-corrected chi connectivity index (χ4v) is 5.39. The number of benzene rings is 3. The quantitative estimate of drug-likeness (QED) is 0.222. The molecule has 0 aliphatic rings. The van der Waals surface area contributed by atoms with Crippen LogP contribution in [0.15, 0.2) is 88.3 Å². The zero-order valence-corrected chi connectivity index (χ0v) is 19.8. The Bertz CT molecular complexity index is 1780. The van der Waals surface area contributed by atoms with Crippen molar-refractivity contribution in [3.8, 4) is 0 Å². The number of nitrogens with zero attached hydrogens (tertiary/aromatic N) is 4. The summed E-state index contributed by atoms with van der Waals surface area (Å²) in [5, 5.41) is 7.76. The van der Waals surface area contributed by atoms with E-state index in [1.807, 2.05) is 54.7 Å². The Morgan fingerprint density at radius 3 is 2.77 bits per heavy atom. The van der Waals surface area contributed by atoms with E-state index in [4.69, 9.17) is 16.0 Å². The summed E-state index contributed by atoms with van der Waals surface area (Å²) in [6.45, 7) is 0.676. The van der Waals surface area contributed by atoms with Gasteiger partial charge in [-0.1, -0.05) is 59.3 Å². The van der Waals surface area contributed by atoms with Gasteiger partial charge in [-0.2, -0.15) is 5.10 Å². The number of thiazole rings is 1. The van der Waals surface area contributed by atoms with Crippen LogP contribution in [0.3, 0.4) is 0 Å². The first kappa shape index (κ1) is 21.5. The van der Waals surface area contributed by atoms with Gasteiger partial charge in [0.15, 0.2) is 5.13 Å². The number of carbonyl (C=O) groups is 1. The molecule has 0 bridgehead atoms. The minimum absolute atomic E-state index is 0.0559. The molecule has 0 aliphatic carbocycles. The molecule has 172 valence electrons. The molecule has 0 spiro atoms. The van der Waals surface area contributed by atoms with E-state index >= 15 is 0 Å². The van der Waals surface area contributed by atoms with E-state index in [-0.39, 0.29) is 12.1 Å². The fraction of sp³-hybridized carbons (Fsp3) is 0.0769. The molecule has 35 heavy (non-hydrogen) atoms. The number of aromatic nitrogens is 3. The van der Waals surface area contributed by atoms with Crippen LogP contribution in [-0.2, 0) is 6.54 Å². The SMILES string of the molecule is O=C(c1cc2c(ccc3ccccc32)oc1=O)N(CCn1cccn1)c1nc2c(Cl)cccc2s1. The molecule has 3 heterocycles. The summed E-state index contributed by atoms with van der Waals surface area (Å²) in [5.41, 5.74) is 0.295. The summed E-state index contributed by atoms with van der Waals surface area (Å²) in [7, 11) is 0. The molecule has 0 fully saturated rings. The summed E-state index contributed by atoms with van der Waals surface area (Å²) in [5.74, 6) is -0.490. The summed E-state index contributed by atoms with van der Waals surface area (Å²) >= 11 is 7.68. The highest BCUT2D eigenvalue weighted by Gasteiger charge is 2.25. The van der Waals surface area contributed by atoms with Gasteiger partial charge in [0.25, 0.3) is 5.91 Å². The zero-order valence-electron chi connectivity index (χ0n) is 18.2. The number of carbonyl (C=O) groups excluding carboxylic acids is 1. The van der Waals surface area contributed by atoms with Crippen molar-refractivity contribution in [1.82, 2.24) is 14.8 Å². The molecule has 6 aromatic rings. The van der Waals surface area contributed by atoms with Gasteiger partial charge < -0.3 is 4.42 Å². The lowest BCUT2D eigenvalue weighted by molar-refractivity contribution is 0.0982. The van der Waals surface area contributed by atoms with Crippen LogP contribution in [0.25, 0.3) is 32.0 Å². The van der Waals surface area contributed by atoms with Crippen molar-refractivity contribution in [3.63, 3.8) is 0 Å². The Labute approximate surface area is 207 Å². The van der Waals surface area contributed by atoms with Crippen molar-refractivity contribution in [2.75, 3.05) is 11.4 Å². The summed E-state index contributed by atoms with van der Waals surface area (Å²) in [6, 6.07) is 20.3. The minimum Gasteiger partial charge on any atom is -0.422 e. The summed E-state index contributed by atoms with van der Waals surface area (Å²) in [4.78, 5) is 32.9. The van der Waals surface area contributed by atoms with Crippen LogP contribution in [0.5, 0.6) is 0 Å². The van der Waals surface area contributed by atoms with Crippen LogP contribution in [0, 0.1) is 0 Å². The maximum atomic E-state index is 13.8. The molecule has 0 aliphatic heterocycles.